The Bertz CT molecular complexity index is 1180. The lowest BCUT2D eigenvalue weighted by atomic mass is 10.1. The monoisotopic (exact) mass is 491 g/mol. The predicted molar refractivity (Wildman–Crippen MR) is 141 cm³/mol. The molecule has 7 heteroatoms. The lowest BCUT2D eigenvalue weighted by molar-refractivity contribution is -0.129. The first-order valence-corrected chi connectivity index (χ1v) is 12.5. The highest BCUT2D eigenvalue weighted by molar-refractivity contribution is 8.15. The number of nitrogens with one attached hydrogen (secondary N) is 1. The van der Waals surface area contributed by atoms with E-state index in [1.54, 1.807) is 11.0 Å². The van der Waals surface area contributed by atoms with Crippen LogP contribution >= 0.6 is 23.4 Å². The van der Waals surface area contributed by atoms with Crippen molar-refractivity contribution in [2.45, 2.75) is 31.4 Å². The van der Waals surface area contributed by atoms with Crippen molar-refractivity contribution in [3.63, 3.8) is 0 Å². The van der Waals surface area contributed by atoms with Crippen LogP contribution in [0, 0.1) is 6.92 Å². The lowest BCUT2D eigenvalue weighted by Crippen LogP contribution is -2.45. The van der Waals surface area contributed by atoms with E-state index in [-0.39, 0.29) is 18.2 Å². The minimum atomic E-state index is -0.569. The zero-order valence-corrected chi connectivity index (χ0v) is 20.5. The number of benzene rings is 3. The topological polar surface area (TPSA) is 61.8 Å². The molecule has 0 saturated carbocycles. The van der Waals surface area contributed by atoms with Crippen LogP contribution < -0.4 is 5.32 Å². The van der Waals surface area contributed by atoms with Crippen LogP contribution in [-0.2, 0) is 16.0 Å². The highest BCUT2D eigenvalue weighted by Gasteiger charge is 2.35. The van der Waals surface area contributed by atoms with Gasteiger partial charge in [0.25, 0.3) is 0 Å². The number of thioether (sulfide) groups is 1. The molecule has 0 aromatic heterocycles. The van der Waals surface area contributed by atoms with Gasteiger partial charge in [0, 0.05) is 23.7 Å². The second-order valence-corrected chi connectivity index (χ2v) is 9.71. The Balaban J connectivity index is 1.49. The number of halogens is 1. The first-order valence-electron chi connectivity index (χ1n) is 11.2. The quantitative estimate of drug-likeness (QED) is 0.425. The van der Waals surface area contributed by atoms with Crippen molar-refractivity contribution in [3.8, 4) is 0 Å². The van der Waals surface area contributed by atoms with E-state index in [1.165, 1.54) is 17.3 Å². The summed E-state index contributed by atoms with van der Waals surface area (Å²) in [4.78, 5) is 32.6. The van der Waals surface area contributed by atoms with E-state index in [4.69, 9.17) is 16.6 Å². The van der Waals surface area contributed by atoms with Crippen molar-refractivity contribution < 1.29 is 9.59 Å². The molecule has 3 aromatic carbocycles. The molecule has 174 valence electrons. The average Bonchev–Trinajstić information content (AvgIpc) is 2.84. The third-order valence-corrected chi connectivity index (χ3v) is 7.14. The van der Waals surface area contributed by atoms with Crippen LogP contribution in [0.3, 0.4) is 0 Å². The standard InChI is InChI=1S/C27H26ClN3O2S/c1-19-14-15-22(17-23(19)28)29-26(33)24-18-25(32)31(16-8-11-20-9-4-2-5-10-20)27(34-24)30-21-12-6-3-7-13-21/h2-7,9-10,12-15,17,24H,8,11,16,18H2,1H3,(H,29,33). The minimum absolute atomic E-state index is 0.0939. The van der Waals surface area contributed by atoms with Gasteiger partial charge < -0.3 is 5.32 Å². The van der Waals surface area contributed by atoms with Crippen LogP contribution in [0.5, 0.6) is 0 Å². The molecule has 5 nitrogen and oxygen atoms in total. The van der Waals surface area contributed by atoms with Crippen molar-refractivity contribution in [2.24, 2.45) is 4.99 Å². The van der Waals surface area contributed by atoms with Crippen LogP contribution in [-0.4, -0.2) is 33.7 Å². The van der Waals surface area contributed by atoms with Gasteiger partial charge in [-0.25, -0.2) is 4.99 Å². The number of para-hydroxylation sites is 1. The third kappa shape index (κ3) is 6.27. The van der Waals surface area contributed by atoms with Gasteiger partial charge in [-0.3, -0.25) is 14.5 Å². The van der Waals surface area contributed by atoms with Crippen molar-refractivity contribution in [2.75, 3.05) is 11.9 Å². The largest absolute Gasteiger partial charge is 0.325 e. The van der Waals surface area contributed by atoms with Crippen molar-refractivity contribution >= 4 is 51.7 Å². The maximum Gasteiger partial charge on any atom is 0.238 e. The first-order chi connectivity index (χ1) is 16.5. The molecule has 0 spiro atoms. The summed E-state index contributed by atoms with van der Waals surface area (Å²) in [5, 5.41) is 3.46. The zero-order valence-electron chi connectivity index (χ0n) is 18.9. The number of aryl methyl sites for hydroxylation is 2. The van der Waals surface area contributed by atoms with Gasteiger partial charge in [0.15, 0.2) is 5.17 Å². The van der Waals surface area contributed by atoms with E-state index in [9.17, 15) is 9.59 Å². The summed E-state index contributed by atoms with van der Waals surface area (Å²) in [7, 11) is 0. The molecule has 34 heavy (non-hydrogen) atoms. The normalized spacial score (nSPS) is 17.1. The van der Waals surface area contributed by atoms with E-state index < -0.39 is 5.25 Å². The molecule has 1 heterocycles. The molecule has 3 aromatic rings. The Morgan fingerprint density at radius 2 is 1.79 bits per heavy atom. The Morgan fingerprint density at radius 1 is 1.09 bits per heavy atom. The summed E-state index contributed by atoms with van der Waals surface area (Å²) >= 11 is 7.52. The maximum absolute atomic E-state index is 13.1. The molecule has 0 aliphatic carbocycles. The molecular weight excluding hydrogens is 466 g/mol. The van der Waals surface area contributed by atoms with Gasteiger partial charge in [0.1, 0.15) is 5.25 Å². The summed E-state index contributed by atoms with van der Waals surface area (Å²) in [5.41, 5.74) is 3.53. The molecule has 4 rings (SSSR count). The second-order valence-electron chi connectivity index (χ2n) is 8.13. The molecule has 1 saturated heterocycles. The van der Waals surface area contributed by atoms with Gasteiger partial charge in [-0.05, 0) is 55.2 Å². The Morgan fingerprint density at radius 3 is 2.50 bits per heavy atom. The van der Waals surface area contributed by atoms with Crippen LogP contribution in [0.25, 0.3) is 0 Å². The number of amides is 2. The molecule has 0 radical (unpaired) electrons. The van der Waals surface area contributed by atoms with Crippen LogP contribution in [0.4, 0.5) is 11.4 Å². The van der Waals surface area contributed by atoms with E-state index in [0.717, 1.165) is 24.1 Å². The number of carbonyl (C=O) groups is 2. The highest BCUT2D eigenvalue weighted by Crippen LogP contribution is 2.30. The van der Waals surface area contributed by atoms with Gasteiger partial charge in [-0.1, -0.05) is 78.0 Å². The molecule has 1 fully saturated rings. The SMILES string of the molecule is Cc1ccc(NC(=O)C2CC(=O)N(CCCc3ccccc3)C(=Nc3ccccc3)S2)cc1Cl. The number of hydrogen-bond donors (Lipinski definition) is 1. The van der Waals surface area contributed by atoms with Crippen molar-refractivity contribution in [1.82, 2.24) is 4.90 Å². The fraction of sp³-hybridized carbons (Fsp3) is 0.222. The molecule has 1 N–H and O–H groups in total. The highest BCUT2D eigenvalue weighted by atomic mass is 35.5. The van der Waals surface area contributed by atoms with Crippen LogP contribution in [0.15, 0.2) is 83.9 Å². The number of rotatable bonds is 7. The van der Waals surface area contributed by atoms with Crippen molar-refractivity contribution in [1.29, 1.82) is 0 Å². The number of hydrogen-bond acceptors (Lipinski definition) is 4. The Labute approximate surface area is 209 Å². The van der Waals surface area contributed by atoms with Gasteiger partial charge in [-0.15, -0.1) is 0 Å². The summed E-state index contributed by atoms with van der Waals surface area (Å²) in [6, 6.07) is 25.1. The summed E-state index contributed by atoms with van der Waals surface area (Å²) in [6.45, 7) is 2.45. The van der Waals surface area contributed by atoms with E-state index in [2.05, 4.69) is 17.4 Å². The summed E-state index contributed by atoms with van der Waals surface area (Å²) in [5.74, 6) is -0.327. The van der Waals surface area contributed by atoms with Gasteiger partial charge in [0.2, 0.25) is 11.8 Å². The van der Waals surface area contributed by atoms with E-state index >= 15 is 0 Å². The molecule has 0 bridgehead atoms. The Kier molecular flexibility index (Phi) is 8.03. The third-order valence-electron chi connectivity index (χ3n) is 5.54. The predicted octanol–water partition coefficient (Wildman–Crippen LogP) is 6.24. The van der Waals surface area contributed by atoms with Crippen LogP contribution in [0.2, 0.25) is 5.02 Å². The number of nitrogens with zero attached hydrogens (tertiary/aromatic N) is 2. The first kappa shape index (κ1) is 24.0. The van der Waals surface area contributed by atoms with Gasteiger partial charge in [-0.2, -0.15) is 0 Å². The molecule has 1 atom stereocenters. The van der Waals surface area contributed by atoms with Crippen LogP contribution in [0.1, 0.15) is 24.0 Å². The van der Waals surface area contributed by atoms with Gasteiger partial charge in [0.05, 0.1) is 5.69 Å². The fourth-order valence-electron chi connectivity index (χ4n) is 3.65. The van der Waals surface area contributed by atoms with Crippen molar-refractivity contribution in [3.05, 3.63) is 95.0 Å². The fourth-order valence-corrected chi connectivity index (χ4v) is 4.96. The maximum atomic E-state index is 13.1. The smallest absolute Gasteiger partial charge is 0.238 e. The minimum Gasteiger partial charge on any atom is -0.325 e. The van der Waals surface area contributed by atoms with E-state index in [1.807, 2.05) is 67.6 Å². The average molecular weight is 492 g/mol. The molecular formula is C27H26ClN3O2S. The molecule has 2 amide bonds. The number of carbonyl (C=O) groups excluding carboxylic acids is 2. The number of aliphatic imine (C=N–C) groups is 1. The number of amidine groups is 1. The summed E-state index contributed by atoms with van der Waals surface area (Å²) in [6.07, 6.45) is 1.80. The zero-order chi connectivity index (χ0) is 23.9. The van der Waals surface area contributed by atoms with E-state index in [0.29, 0.717) is 22.4 Å². The second kappa shape index (κ2) is 11.4. The summed E-state index contributed by atoms with van der Waals surface area (Å²) < 4.78 is 0. The lowest BCUT2D eigenvalue weighted by Gasteiger charge is -2.32. The van der Waals surface area contributed by atoms with Gasteiger partial charge >= 0.3 is 0 Å². The molecule has 1 unspecified atom stereocenters. The molecule has 1 aliphatic rings. The molecule has 1 aliphatic heterocycles. The Hall–Kier alpha value is -3.09. The number of anilines is 1.